The molecule has 0 unspecified atom stereocenters. The van der Waals surface area contributed by atoms with Crippen LogP contribution in [0.5, 0.6) is 0 Å². The Kier molecular flexibility index (Phi) is 4.81. The number of hydrogen-bond acceptors (Lipinski definition) is 2. The zero-order valence-electron chi connectivity index (χ0n) is 11.9. The molecule has 1 aromatic carbocycles. The zero-order chi connectivity index (χ0) is 13.8. The van der Waals surface area contributed by atoms with E-state index in [1.54, 1.807) is 6.07 Å². The maximum Gasteiger partial charge on any atom is 0.130 e. The van der Waals surface area contributed by atoms with E-state index >= 15 is 0 Å². The zero-order valence-corrected chi connectivity index (χ0v) is 11.9. The lowest BCUT2D eigenvalue weighted by Gasteiger charge is -2.36. The first-order valence-electron chi connectivity index (χ1n) is 7.28. The summed E-state index contributed by atoms with van der Waals surface area (Å²) in [5, 5.41) is 9.36. The van der Waals surface area contributed by atoms with Gasteiger partial charge in [0.15, 0.2) is 0 Å². The van der Waals surface area contributed by atoms with Crippen molar-refractivity contribution in [1.82, 2.24) is 0 Å². The van der Waals surface area contributed by atoms with Crippen molar-refractivity contribution in [3.05, 3.63) is 29.6 Å². The third-order valence-corrected chi connectivity index (χ3v) is 4.57. The van der Waals surface area contributed by atoms with Crippen molar-refractivity contribution in [2.24, 2.45) is 5.92 Å². The third-order valence-electron chi connectivity index (χ3n) is 4.57. The lowest BCUT2D eigenvalue weighted by atomic mass is 9.84. The highest BCUT2D eigenvalue weighted by molar-refractivity contribution is 5.54. The van der Waals surface area contributed by atoms with Crippen LogP contribution in [0.15, 0.2) is 18.2 Å². The predicted molar refractivity (Wildman–Crippen MR) is 76.8 cm³/mol. The summed E-state index contributed by atoms with van der Waals surface area (Å²) < 4.78 is 13.7. The number of aliphatic hydroxyl groups excluding tert-OH is 1. The van der Waals surface area contributed by atoms with Crippen LogP contribution in [0.25, 0.3) is 0 Å². The highest BCUT2D eigenvalue weighted by Gasteiger charge is 2.24. The van der Waals surface area contributed by atoms with E-state index in [0.717, 1.165) is 24.4 Å². The minimum atomic E-state index is -0.311. The minimum Gasteiger partial charge on any atom is -0.391 e. The van der Waals surface area contributed by atoms with Gasteiger partial charge in [-0.05, 0) is 43.7 Å². The maximum atomic E-state index is 13.7. The molecule has 2 nitrogen and oxygen atoms in total. The fraction of sp³-hybridized carbons (Fsp3) is 0.625. The Morgan fingerprint density at radius 3 is 2.53 bits per heavy atom. The molecule has 1 saturated carbocycles. The van der Waals surface area contributed by atoms with E-state index in [-0.39, 0.29) is 12.4 Å². The third kappa shape index (κ3) is 3.08. The standard InChI is InChI=1S/C16H24FNO/c1-3-12-7-9-13(10-8-12)18(2)16-6-4-5-15(17)14(16)11-19/h4-6,12-13,19H,3,7-11H2,1-2H3. The van der Waals surface area contributed by atoms with Gasteiger partial charge in [0.1, 0.15) is 5.82 Å². The Bertz CT molecular complexity index is 413. The van der Waals surface area contributed by atoms with Gasteiger partial charge in [-0.25, -0.2) is 4.39 Å². The van der Waals surface area contributed by atoms with E-state index < -0.39 is 0 Å². The SMILES string of the molecule is CCC1CCC(N(C)c2cccc(F)c2CO)CC1. The van der Waals surface area contributed by atoms with Crippen LogP contribution in [-0.2, 0) is 6.61 Å². The predicted octanol–water partition coefficient (Wildman–Crippen LogP) is 3.72. The van der Waals surface area contributed by atoms with Crippen molar-refractivity contribution in [3.63, 3.8) is 0 Å². The van der Waals surface area contributed by atoms with Crippen molar-refractivity contribution in [2.45, 2.75) is 51.7 Å². The molecular formula is C16H24FNO. The van der Waals surface area contributed by atoms with Gasteiger partial charge in [-0.3, -0.25) is 0 Å². The van der Waals surface area contributed by atoms with Gasteiger partial charge in [-0.1, -0.05) is 19.4 Å². The molecule has 19 heavy (non-hydrogen) atoms. The number of rotatable bonds is 4. The van der Waals surface area contributed by atoms with E-state index in [2.05, 4.69) is 11.8 Å². The molecule has 1 N–H and O–H groups in total. The molecule has 1 aromatic rings. The van der Waals surface area contributed by atoms with E-state index in [0.29, 0.717) is 11.6 Å². The summed E-state index contributed by atoms with van der Waals surface area (Å²) >= 11 is 0. The molecule has 0 saturated heterocycles. The lowest BCUT2D eigenvalue weighted by molar-refractivity contribution is 0.274. The van der Waals surface area contributed by atoms with Crippen LogP contribution in [0.1, 0.15) is 44.6 Å². The fourth-order valence-electron chi connectivity index (χ4n) is 3.17. The number of aliphatic hydroxyl groups is 1. The summed E-state index contributed by atoms with van der Waals surface area (Å²) in [5.41, 5.74) is 1.25. The number of hydrogen-bond donors (Lipinski definition) is 1. The Morgan fingerprint density at radius 2 is 1.95 bits per heavy atom. The molecule has 0 radical (unpaired) electrons. The first-order chi connectivity index (χ1) is 9.17. The number of nitrogens with zero attached hydrogens (tertiary/aromatic N) is 1. The van der Waals surface area contributed by atoms with Crippen molar-refractivity contribution >= 4 is 5.69 Å². The van der Waals surface area contributed by atoms with Gasteiger partial charge in [0.05, 0.1) is 6.61 Å². The largest absolute Gasteiger partial charge is 0.391 e. The maximum absolute atomic E-state index is 13.7. The smallest absolute Gasteiger partial charge is 0.130 e. The average Bonchev–Trinajstić information content (AvgIpc) is 2.46. The average molecular weight is 265 g/mol. The summed E-state index contributed by atoms with van der Waals surface area (Å²) in [7, 11) is 2.02. The van der Waals surface area contributed by atoms with Crippen molar-refractivity contribution in [3.8, 4) is 0 Å². The molecule has 0 aliphatic heterocycles. The van der Waals surface area contributed by atoms with Crippen LogP contribution >= 0.6 is 0 Å². The van der Waals surface area contributed by atoms with Gasteiger partial charge in [0.2, 0.25) is 0 Å². The van der Waals surface area contributed by atoms with Crippen LogP contribution < -0.4 is 4.90 Å². The van der Waals surface area contributed by atoms with Gasteiger partial charge < -0.3 is 10.0 Å². The van der Waals surface area contributed by atoms with E-state index in [4.69, 9.17) is 0 Å². The van der Waals surface area contributed by atoms with E-state index in [1.807, 2.05) is 13.1 Å². The summed E-state index contributed by atoms with van der Waals surface area (Å²) in [6.45, 7) is 2.02. The van der Waals surface area contributed by atoms with Crippen LogP contribution in [-0.4, -0.2) is 18.2 Å². The normalized spacial score (nSPS) is 23.4. The molecule has 0 heterocycles. The van der Waals surface area contributed by atoms with Gasteiger partial charge in [-0.15, -0.1) is 0 Å². The Hall–Kier alpha value is -1.09. The van der Waals surface area contributed by atoms with Crippen LogP contribution in [0.4, 0.5) is 10.1 Å². The summed E-state index contributed by atoms with van der Waals surface area (Å²) in [6, 6.07) is 5.50. The number of halogens is 1. The van der Waals surface area contributed by atoms with Gasteiger partial charge >= 0.3 is 0 Å². The molecule has 1 aliphatic carbocycles. The second-order valence-corrected chi connectivity index (χ2v) is 5.59. The van der Waals surface area contributed by atoms with Gasteiger partial charge in [-0.2, -0.15) is 0 Å². The summed E-state index contributed by atoms with van der Waals surface area (Å²) in [4.78, 5) is 2.15. The first-order valence-corrected chi connectivity index (χ1v) is 7.28. The minimum absolute atomic E-state index is 0.239. The van der Waals surface area contributed by atoms with E-state index in [1.165, 1.54) is 25.3 Å². The molecule has 0 spiro atoms. The fourth-order valence-corrected chi connectivity index (χ4v) is 3.17. The number of benzene rings is 1. The Labute approximate surface area is 115 Å². The molecule has 0 aromatic heterocycles. The second kappa shape index (κ2) is 6.38. The second-order valence-electron chi connectivity index (χ2n) is 5.59. The molecule has 0 bridgehead atoms. The van der Waals surface area contributed by atoms with Crippen LogP contribution in [0, 0.1) is 11.7 Å². The molecule has 106 valence electrons. The molecule has 2 rings (SSSR count). The van der Waals surface area contributed by atoms with Crippen LogP contribution in [0.2, 0.25) is 0 Å². The van der Waals surface area contributed by atoms with Gasteiger partial charge in [0, 0.05) is 24.3 Å². The van der Waals surface area contributed by atoms with Crippen molar-refractivity contribution < 1.29 is 9.50 Å². The Balaban J connectivity index is 2.12. The molecule has 0 amide bonds. The van der Waals surface area contributed by atoms with Gasteiger partial charge in [0.25, 0.3) is 0 Å². The quantitative estimate of drug-likeness (QED) is 0.896. The summed E-state index contributed by atoms with van der Waals surface area (Å²) in [6.07, 6.45) is 6.11. The first kappa shape index (κ1) is 14.3. The molecule has 1 fully saturated rings. The number of anilines is 1. The monoisotopic (exact) mass is 265 g/mol. The molecular weight excluding hydrogens is 241 g/mol. The molecule has 0 atom stereocenters. The van der Waals surface area contributed by atoms with E-state index in [9.17, 15) is 9.50 Å². The Morgan fingerprint density at radius 1 is 1.26 bits per heavy atom. The highest BCUT2D eigenvalue weighted by Crippen LogP contribution is 2.33. The van der Waals surface area contributed by atoms with Crippen molar-refractivity contribution in [1.29, 1.82) is 0 Å². The summed E-state index contributed by atoms with van der Waals surface area (Å²) in [5.74, 6) is 0.545. The van der Waals surface area contributed by atoms with Crippen LogP contribution in [0.3, 0.4) is 0 Å². The highest BCUT2D eigenvalue weighted by atomic mass is 19.1. The van der Waals surface area contributed by atoms with Crippen molar-refractivity contribution in [2.75, 3.05) is 11.9 Å². The lowest BCUT2D eigenvalue weighted by Crippen LogP contribution is -2.35. The molecule has 3 heteroatoms. The topological polar surface area (TPSA) is 23.5 Å². The molecule has 1 aliphatic rings.